The number of aliphatic hydroxyl groups excluding tert-OH is 1. The summed E-state index contributed by atoms with van der Waals surface area (Å²) in [5, 5.41) is 16.3. The quantitative estimate of drug-likeness (QED) is 0.408. The Morgan fingerprint density at radius 2 is 1.84 bits per heavy atom. The zero-order valence-electron chi connectivity index (χ0n) is 17.5. The number of anilines is 1. The Bertz CT molecular complexity index is 875. The fourth-order valence-corrected chi connectivity index (χ4v) is 2.56. The second-order valence-corrected chi connectivity index (χ2v) is 6.40. The molecule has 2 aromatic carbocycles. The third kappa shape index (κ3) is 7.56. The molecule has 2 aromatic rings. The van der Waals surface area contributed by atoms with Gasteiger partial charge in [-0.15, -0.1) is 0 Å². The minimum Gasteiger partial charge on any atom is -0.493 e. The van der Waals surface area contributed by atoms with E-state index >= 15 is 0 Å². The second-order valence-electron chi connectivity index (χ2n) is 6.40. The number of benzene rings is 2. The Morgan fingerprint density at radius 3 is 2.48 bits per heavy atom. The van der Waals surface area contributed by atoms with Gasteiger partial charge in [-0.05, 0) is 37.3 Å². The molecular formula is C21H26F3N3O4. The van der Waals surface area contributed by atoms with Gasteiger partial charge >= 0.3 is 6.18 Å². The molecule has 0 radical (unpaired) electrons. The Labute approximate surface area is 178 Å². The first-order valence-corrected chi connectivity index (χ1v) is 9.52. The lowest BCUT2D eigenvalue weighted by Crippen LogP contribution is -2.32. The molecule has 0 aliphatic rings. The van der Waals surface area contributed by atoms with Crippen LogP contribution in [-0.4, -0.2) is 51.1 Å². The first-order valence-electron chi connectivity index (χ1n) is 9.52. The monoisotopic (exact) mass is 441 g/mol. The van der Waals surface area contributed by atoms with Gasteiger partial charge in [0.05, 0.1) is 26.3 Å². The van der Waals surface area contributed by atoms with E-state index < -0.39 is 17.8 Å². The molecule has 31 heavy (non-hydrogen) atoms. The molecule has 0 amide bonds. The highest BCUT2D eigenvalue weighted by atomic mass is 19.4. The molecule has 0 saturated carbocycles. The molecule has 0 bridgehead atoms. The lowest BCUT2D eigenvalue weighted by atomic mass is 10.2. The standard InChI is InChI=1S/C21H26F3N3O4/c1-4-25-20(27-15-8-9-18(29-2)19(11-15)30-3)26-12-16(28)13-31-17-7-5-6-14(10-17)21(22,23)24/h5-11,16,28H,4,12-13H2,1-3H3,(H2,25,26,27). The van der Waals surface area contributed by atoms with Crippen LogP contribution in [0.3, 0.4) is 0 Å². The highest BCUT2D eigenvalue weighted by molar-refractivity contribution is 5.93. The van der Waals surface area contributed by atoms with Crippen LogP contribution in [0, 0.1) is 0 Å². The second kappa shape index (κ2) is 11.3. The summed E-state index contributed by atoms with van der Waals surface area (Å²) in [6.07, 6.45) is -5.48. The van der Waals surface area contributed by atoms with Crippen molar-refractivity contribution in [3.8, 4) is 17.2 Å². The van der Waals surface area contributed by atoms with Gasteiger partial charge in [0, 0.05) is 18.3 Å². The maximum Gasteiger partial charge on any atom is 0.416 e. The van der Waals surface area contributed by atoms with Gasteiger partial charge in [0.2, 0.25) is 0 Å². The number of ether oxygens (including phenoxy) is 3. The highest BCUT2D eigenvalue weighted by Gasteiger charge is 2.30. The van der Waals surface area contributed by atoms with Crippen molar-refractivity contribution in [1.82, 2.24) is 5.32 Å². The molecule has 10 heteroatoms. The van der Waals surface area contributed by atoms with Crippen molar-refractivity contribution in [2.45, 2.75) is 19.2 Å². The van der Waals surface area contributed by atoms with E-state index in [1.54, 1.807) is 25.3 Å². The van der Waals surface area contributed by atoms with Crippen molar-refractivity contribution in [3.05, 3.63) is 48.0 Å². The van der Waals surface area contributed by atoms with Gasteiger partial charge in [0.1, 0.15) is 18.5 Å². The van der Waals surface area contributed by atoms with E-state index in [0.717, 1.165) is 12.1 Å². The number of alkyl halides is 3. The molecule has 7 nitrogen and oxygen atoms in total. The SMILES string of the molecule is CCNC(=NCC(O)COc1cccc(C(F)(F)F)c1)Nc1ccc(OC)c(OC)c1. The van der Waals surface area contributed by atoms with Crippen LogP contribution < -0.4 is 24.8 Å². The molecule has 0 aromatic heterocycles. The van der Waals surface area contributed by atoms with Crippen molar-refractivity contribution >= 4 is 11.6 Å². The summed E-state index contributed by atoms with van der Waals surface area (Å²) in [5.41, 5.74) is -0.127. The van der Waals surface area contributed by atoms with E-state index in [-0.39, 0.29) is 18.9 Å². The third-order valence-electron chi connectivity index (χ3n) is 4.05. The molecule has 0 aliphatic carbocycles. The van der Waals surface area contributed by atoms with Gasteiger partial charge in [-0.25, -0.2) is 0 Å². The van der Waals surface area contributed by atoms with Crippen molar-refractivity contribution < 1.29 is 32.5 Å². The Kier molecular flexibility index (Phi) is 8.80. The average Bonchev–Trinajstić information content (AvgIpc) is 2.75. The van der Waals surface area contributed by atoms with Gasteiger partial charge in [-0.1, -0.05) is 6.07 Å². The molecule has 0 saturated heterocycles. The summed E-state index contributed by atoms with van der Waals surface area (Å²) in [6.45, 7) is 2.23. The van der Waals surface area contributed by atoms with Gasteiger partial charge < -0.3 is 30.0 Å². The van der Waals surface area contributed by atoms with Gasteiger partial charge in [-0.3, -0.25) is 4.99 Å². The van der Waals surface area contributed by atoms with E-state index in [2.05, 4.69) is 15.6 Å². The van der Waals surface area contributed by atoms with Crippen LogP contribution >= 0.6 is 0 Å². The minimum atomic E-state index is -4.46. The lowest BCUT2D eigenvalue weighted by Gasteiger charge is -2.15. The first-order chi connectivity index (χ1) is 14.8. The van der Waals surface area contributed by atoms with E-state index in [9.17, 15) is 18.3 Å². The number of nitrogens with zero attached hydrogens (tertiary/aromatic N) is 1. The lowest BCUT2D eigenvalue weighted by molar-refractivity contribution is -0.137. The van der Waals surface area contributed by atoms with Crippen LogP contribution in [0.1, 0.15) is 12.5 Å². The van der Waals surface area contributed by atoms with Crippen LogP contribution in [0.2, 0.25) is 0 Å². The molecule has 3 N–H and O–H groups in total. The fraction of sp³-hybridized carbons (Fsp3) is 0.381. The van der Waals surface area contributed by atoms with Gasteiger partial charge in [0.25, 0.3) is 0 Å². The molecule has 0 aliphatic heterocycles. The van der Waals surface area contributed by atoms with E-state index in [1.165, 1.54) is 19.2 Å². The summed E-state index contributed by atoms with van der Waals surface area (Å²) in [4.78, 5) is 4.29. The predicted molar refractivity (Wildman–Crippen MR) is 112 cm³/mol. The number of halogens is 3. The number of nitrogens with one attached hydrogen (secondary N) is 2. The smallest absolute Gasteiger partial charge is 0.416 e. The molecule has 0 spiro atoms. The summed E-state index contributed by atoms with van der Waals surface area (Å²) >= 11 is 0. The maximum absolute atomic E-state index is 12.8. The van der Waals surface area contributed by atoms with Crippen molar-refractivity contribution in [1.29, 1.82) is 0 Å². The van der Waals surface area contributed by atoms with Crippen LogP contribution in [0.15, 0.2) is 47.5 Å². The minimum absolute atomic E-state index is 0.0215. The average molecular weight is 441 g/mol. The zero-order chi connectivity index (χ0) is 22.9. The summed E-state index contributed by atoms with van der Waals surface area (Å²) in [7, 11) is 3.07. The number of rotatable bonds is 9. The van der Waals surface area contributed by atoms with Crippen molar-refractivity contribution in [2.75, 3.05) is 39.2 Å². The van der Waals surface area contributed by atoms with Gasteiger partial charge in [0.15, 0.2) is 17.5 Å². The topological polar surface area (TPSA) is 84.3 Å². The molecular weight excluding hydrogens is 415 g/mol. The van der Waals surface area contributed by atoms with Crippen LogP contribution in [0.25, 0.3) is 0 Å². The fourth-order valence-electron chi connectivity index (χ4n) is 2.56. The molecule has 0 heterocycles. The van der Waals surface area contributed by atoms with Crippen LogP contribution in [-0.2, 0) is 6.18 Å². The van der Waals surface area contributed by atoms with Crippen LogP contribution in [0.4, 0.5) is 18.9 Å². The highest BCUT2D eigenvalue weighted by Crippen LogP contribution is 2.31. The summed E-state index contributed by atoms with van der Waals surface area (Å²) in [5.74, 6) is 1.55. The zero-order valence-corrected chi connectivity index (χ0v) is 17.5. The Morgan fingerprint density at radius 1 is 1.10 bits per heavy atom. The Hall–Kier alpha value is -3.14. The van der Waals surface area contributed by atoms with Crippen molar-refractivity contribution in [2.24, 2.45) is 4.99 Å². The number of aliphatic imine (C=N–C) groups is 1. The van der Waals surface area contributed by atoms with Crippen molar-refractivity contribution in [3.63, 3.8) is 0 Å². The van der Waals surface area contributed by atoms with E-state index in [1.807, 2.05) is 6.92 Å². The number of hydrogen-bond donors (Lipinski definition) is 3. The number of aliphatic hydroxyl groups is 1. The Balaban J connectivity index is 1.97. The summed E-state index contributed by atoms with van der Waals surface area (Å²) < 4.78 is 54.1. The van der Waals surface area contributed by atoms with E-state index in [4.69, 9.17) is 14.2 Å². The van der Waals surface area contributed by atoms with E-state index in [0.29, 0.717) is 29.7 Å². The number of hydrogen-bond acceptors (Lipinski definition) is 5. The number of guanidine groups is 1. The maximum atomic E-state index is 12.8. The molecule has 1 atom stereocenters. The normalized spacial score (nSPS) is 12.8. The molecule has 1 unspecified atom stereocenters. The summed E-state index contributed by atoms with van der Waals surface area (Å²) in [6, 6.07) is 9.74. The number of methoxy groups -OCH3 is 2. The molecule has 0 fully saturated rings. The third-order valence-corrected chi connectivity index (χ3v) is 4.05. The largest absolute Gasteiger partial charge is 0.493 e. The molecule has 2 rings (SSSR count). The van der Waals surface area contributed by atoms with Crippen LogP contribution in [0.5, 0.6) is 17.2 Å². The first kappa shape index (κ1) is 24.1. The predicted octanol–water partition coefficient (Wildman–Crippen LogP) is 3.54. The molecule has 170 valence electrons. The van der Waals surface area contributed by atoms with Gasteiger partial charge in [-0.2, -0.15) is 13.2 Å².